The summed E-state index contributed by atoms with van der Waals surface area (Å²) in [6.45, 7) is 0.0440. The molecular weight excluding hydrogens is 230 g/mol. The number of hydrogen-bond donors (Lipinski definition) is 1. The molecule has 2 aliphatic rings. The van der Waals surface area contributed by atoms with Gasteiger partial charge in [0.1, 0.15) is 5.75 Å². The summed E-state index contributed by atoms with van der Waals surface area (Å²) in [6.07, 6.45) is 4.19. The first-order valence-electron chi connectivity index (χ1n) is 6.32. The zero-order valence-corrected chi connectivity index (χ0v) is 10.1. The second-order valence-electron chi connectivity index (χ2n) is 4.97. The number of carbonyl (C=O) groups is 2. The van der Waals surface area contributed by atoms with Gasteiger partial charge in [0.05, 0.1) is 5.69 Å². The van der Waals surface area contributed by atoms with Crippen LogP contribution in [0.5, 0.6) is 5.75 Å². The lowest BCUT2D eigenvalue weighted by molar-refractivity contribution is -0.118. The maximum atomic E-state index is 12.1. The lowest BCUT2D eigenvalue weighted by atomic mass is 9.81. The van der Waals surface area contributed by atoms with E-state index in [1.807, 2.05) is 0 Å². The van der Waals surface area contributed by atoms with Crippen LogP contribution in [0, 0.1) is 5.92 Å². The third-order valence-corrected chi connectivity index (χ3v) is 3.63. The number of ether oxygens (including phenoxy) is 1. The molecule has 94 valence electrons. The molecule has 4 nitrogen and oxygen atoms in total. The molecule has 0 atom stereocenters. The SMILES string of the molecule is O=C1COc2ccc(C(=O)CC3CCC3)cc2N1. The summed E-state index contributed by atoms with van der Waals surface area (Å²) < 4.78 is 5.26. The average molecular weight is 245 g/mol. The lowest BCUT2D eigenvalue weighted by Crippen LogP contribution is -2.25. The normalized spacial score (nSPS) is 18.3. The predicted octanol–water partition coefficient (Wildman–Crippen LogP) is 2.39. The monoisotopic (exact) mass is 245 g/mol. The van der Waals surface area contributed by atoms with Crippen molar-refractivity contribution < 1.29 is 14.3 Å². The van der Waals surface area contributed by atoms with Gasteiger partial charge >= 0.3 is 0 Å². The highest BCUT2D eigenvalue weighted by molar-refractivity contribution is 6.00. The molecule has 0 unspecified atom stereocenters. The zero-order chi connectivity index (χ0) is 12.5. The van der Waals surface area contributed by atoms with Crippen LogP contribution >= 0.6 is 0 Å². The van der Waals surface area contributed by atoms with E-state index in [-0.39, 0.29) is 18.3 Å². The first-order valence-corrected chi connectivity index (χ1v) is 6.32. The second-order valence-corrected chi connectivity index (χ2v) is 4.97. The Morgan fingerprint density at radius 3 is 2.94 bits per heavy atom. The Labute approximate surface area is 105 Å². The topological polar surface area (TPSA) is 55.4 Å². The van der Waals surface area contributed by atoms with Crippen LogP contribution in [-0.4, -0.2) is 18.3 Å². The van der Waals surface area contributed by atoms with Crippen molar-refractivity contribution in [3.8, 4) is 5.75 Å². The molecule has 1 aromatic rings. The fourth-order valence-electron chi connectivity index (χ4n) is 2.33. The van der Waals surface area contributed by atoms with E-state index in [0.29, 0.717) is 29.3 Å². The number of ketones is 1. The van der Waals surface area contributed by atoms with Gasteiger partial charge in [-0.15, -0.1) is 0 Å². The van der Waals surface area contributed by atoms with Gasteiger partial charge in [-0.1, -0.05) is 19.3 Å². The predicted molar refractivity (Wildman–Crippen MR) is 66.9 cm³/mol. The third kappa shape index (κ3) is 2.10. The number of Topliss-reactive ketones (excluding diaryl/α,β-unsaturated/α-hetero) is 1. The van der Waals surface area contributed by atoms with Crippen molar-refractivity contribution in [3.63, 3.8) is 0 Å². The molecule has 1 heterocycles. The molecule has 1 fully saturated rings. The Balaban J connectivity index is 1.78. The molecule has 1 aromatic carbocycles. The van der Waals surface area contributed by atoms with E-state index < -0.39 is 0 Å². The summed E-state index contributed by atoms with van der Waals surface area (Å²) in [5, 5.41) is 2.72. The largest absolute Gasteiger partial charge is 0.482 e. The average Bonchev–Trinajstić information content (AvgIpc) is 2.32. The van der Waals surface area contributed by atoms with Gasteiger partial charge in [0, 0.05) is 12.0 Å². The standard InChI is InChI=1S/C14H15NO3/c16-12(6-9-2-1-3-9)10-4-5-13-11(7-10)15-14(17)8-18-13/h4-5,7,9H,1-3,6,8H2,(H,15,17). The quantitative estimate of drug-likeness (QED) is 0.832. The number of rotatable bonds is 3. The van der Waals surface area contributed by atoms with Crippen molar-refractivity contribution in [2.75, 3.05) is 11.9 Å². The fraction of sp³-hybridized carbons (Fsp3) is 0.429. The molecule has 0 radical (unpaired) electrons. The Bertz CT molecular complexity index is 506. The van der Waals surface area contributed by atoms with Gasteiger partial charge in [-0.25, -0.2) is 0 Å². The Morgan fingerprint density at radius 2 is 2.22 bits per heavy atom. The van der Waals surface area contributed by atoms with E-state index in [4.69, 9.17) is 4.74 Å². The van der Waals surface area contributed by atoms with E-state index in [1.165, 1.54) is 6.42 Å². The zero-order valence-electron chi connectivity index (χ0n) is 10.1. The maximum absolute atomic E-state index is 12.1. The Morgan fingerprint density at radius 1 is 1.39 bits per heavy atom. The lowest BCUT2D eigenvalue weighted by Gasteiger charge is -2.24. The van der Waals surface area contributed by atoms with E-state index in [2.05, 4.69) is 5.32 Å². The van der Waals surface area contributed by atoms with Crippen molar-refractivity contribution in [3.05, 3.63) is 23.8 Å². The van der Waals surface area contributed by atoms with E-state index in [0.717, 1.165) is 12.8 Å². The first kappa shape index (κ1) is 11.3. The number of hydrogen-bond acceptors (Lipinski definition) is 3. The summed E-state index contributed by atoms with van der Waals surface area (Å²) in [5.74, 6) is 1.17. The fourth-order valence-corrected chi connectivity index (χ4v) is 2.33. The minimum atomic E-state index is -0.175. The molecule has 1 saturated carbocycles. The summed E-state index contributed by atoms with van der Waals surface area (Å²) in [7, 11) is 0. The molecule has 1 amide bonds. The van der Waals surface area contributed by atoms with E-state index in [9.17, 15) is 9.59 Å². The minimum absolute atomic E-state index is 0.0440. The highest BCUT2D eigenvalue weighted by Gasteiger charge is 2.23. The maximum Gasteiger partial charge on any atom is 0.262 e. The van der Waals surface area contributed by atoms with Gasteiger partial charge in [-0.05, 0) is 24.1 Å². The number of benzene rings is 1. The van der Waals surface area contributed by atoms with Crippen LogP contribution in [0.2, 0.25) is 0 Å². The molecule has 18 heavy (non-hydrogen) atoms. The highest BCUT2D eigenvalue weighted by Crippen LogP contribution is 2.32. The summed E-state index contributed by atoms with van der Waals surface area (Å²) in [5.41, 5.74) is 1.26. The number of amides is 1. The van der Waals surface area contributed by atoms with Gasteiger partial charge < -0.3 is 10.1 Å². The third-order valence-electron chi connectivity index (χ3n) is 3.63. The van der Waals surface area contributed by atoms with Gasteiger partial charge in [0.2, 0.25) is 0 Å². The molecule has 0 aromatic heterocycles. The molecule has 1 N–H and O–H groups in total. The van der Waals surface area contributed by atoms with Crippen molar-refractivity contribution in [2.45, 2.75) is 25.7 Å². The van der Waals surface area contributed by atoms with Gasteiger partial charge in [0.25, 0.3) is 5.91 Å². The van der Waals surface area contributed by atoms with Crippen molar-refractivity contribution in [1.82, 2.24) is 0 Å². The molecule has 3 rings (SSSR count). The molecule has 0 bridgehead atoms. The number of anilines is 1. The van der Waals surface area contributed by atoms with Gasteiger partial charge in [-0.3, -0.25) is 9.59 Å². The van der Waals surface area contributed by atoms with Crippen LogP contribution < -0.4 is 10.1 Å². The first-order chi connectivity index (χ1) is 8.72. The van der Waals surface area contributed by atoms with Crippen LogP contribution in [0.3, 0.4) is 0 Å². The molecule has 4 heteroatoms. The molecule has 0 saturated heterocycles. The minimum Gasteiger partial charge on any atom is -0.482 e. The summed E-state index contributed by atoms with van der Waals surface area (Å²) in [4.78, 5) is 23.3. The molecule has 1 aliphatic heterocycles. The summed E-state index contributed by atoms with van der Waals surface area (Å²) in [6, 6.07) is 5.24. The number of fused-ring (bicyclic) bond motifs is 1. The Kier molecular flexibility index (Phi) is 2.78. The van der Waals surface area contributed by atoms with Gasteiger partial charge in [-0.2, -0.15) is 0 Å². The highest BCUT2D eigenvalue weighted by atomic mass is 16.5. The van der Waals surface area contributed by atoms with Crippen LogP contribution in [0.1, 0.15) is 36.0 Å². The molecule has 1 aliphatic carbocycles. The van der Waals surface area contributed by atoms with Crippen molar-refractivity contribution in [1.29, 1.82) is 0 Å². The van der Waals surface area contributed by atoms with Crippen molar-refractivity contribution in [2.24, 2.45) is 5.92 Å². The Hall–Kier alpha value is -1.84. The van der Waals surface area contributed by atoms with Gasteiger partial charge in [0.15, 0.2) is 12.4 Å². The van der Waals surface area contributed by atoms with Crippen LogP contribution in [0.25, 0.3) is 0 Å². The van der Waals surface area contributed by atoms with Crippen molar-refractivity contribution >= 4 is 17.4 Å². The van der Waals surface area contributed by atoms with E-state index in [1.54, 1.807) is 18.2 Å². The smallest absolute Gasteiger partial charge is 0.262 e. The number of carbonyl (C=O) groups excluding carboxylic acids is 2. The van der Waals surface area contributed by atoms with E-state index >= 15 is 0 Å². The molecular formula is C14H15NO3. The summed E-state index contributed by atoms with van der Waals surface area (Å²) >= 11 is 0. The van der Waals surface area contributed by atoms with Crippen LogP contribution in [0.4, 0.5) is 5.69 Å². The van der Waals surface area contributed by atoms with Crippen LogP contribution in [0.15, 0.2) is 18.2 Å². The number of nitrogens with one attached hydrogen (secondary N) is 1. The second kappa shape index (κ2) is 4.44. The van der Waals surface area contributed by atoms with Crippen LogP contribution in [-0.2, 0) is 4.79 Å². The molecule has 0 spiro atoms.